The molecule has 4 nitrogen and oxygen atoms in total. The van der Waals surface area contributed by atoms with Gasteiger partial charge in [0.15, 0.2) is 5.82 Å². The first-order valence-corrected chi connectivity index (χ1v) is 4.41. The van der Waals surface area contributed by atoms with Crippen LogP contribution in [-0.4, -0.2) is 15.0 Å². The summed E-state index contributed by atoms with van der Waals surface area (Å²) in [6.45, 7) is 0. The predicted octanol–water partition coefficient (Wildman–Crippen LogP) is 1.18. The summed E-state index contributed by atoms with van der Waals surface area (Å²) in [6, 6.07) is 3.64. The lowest BCUT2D eigenvalue weighted by atomic mass is 10.1. The van der Waals surface area contributed by atoms with Crippen molar-refractivity contribution in [1.82, 2.24) is 15.0 Å². The van der Waals surface area contributed by atoms with Gasteiger partial charge >= 0.3 is 0 Å². The molecule has 0 aromatic carbocycles. The quantitative estimate of drug-likeness (QED) is 0.797. The van der Waals surface area contributed by atoms with E-state index in [2.05, 4.69) is 15.0 Å². The van der Waals surface area contributed by atoms with Crippen LogP contribution in [0.3, 0.4) is 0 Å². The van der Waals surface area contributed by atoms with E-state index in [1.165, 1.54) is 0 Å². The monoisotopic (exact) mass is 204 g/mol. The van der Waals surface area contributed by atoms with E-state index >= 15 is 0 Å². The SMILES string of the molecule is Nc1ncc(F)c(Cc2cccnc2)n1. The molecule has 0 aliphatic rings. The summed E-state index contributed by atoms with van der Waals surface area (Å²) in [5.41, 5.74) is 6.55. The zero-order valence-corrected chi connectivity index (χ0v) is 7.89. The van der Waals surface area contributed by atoms with Crippen molar-refractivity contribution in [2.24, 2.45) is 0 Å². The molecular formula is C10H9FN4. The second kappa shape index (κ2) is 4.00. The Morgan fingerprint density at radius 1 is 1.33 bits per heavy atom. The first-order chi connectivity index (χ1) is 7.25. The maximum atomic E-state index is 13.3. The van der Waals surface area contributed by atoms with Crippen molar-refractivity contribution < 1.29 is 4.39 Å². The zero-order chi connectivity index (χ0) is 10.7. The molecule has 15 heavy (non-hydrogen) atoms. The topological polar surface area (TPSA) is 64.7 Å². The van der Waals surface area contributed by atoms with Gasteiger partial charge in [-0.15, -0.1) is 0 Å². The molecule has 5 heteroatoms. The van der Waals surface area contributed by atoms with Crippen molar-refractivity contribution in [1.29, 1.82) is 0 Å². The van der Waals surface area contributed by atoms with Gasteiger partial charge < -0.3 is 5.73 Å². The number of hydrogen-bond donors (Lipinski definition) is 1. The molecule has 0 bridgehead atoms. The number of halogens is 1. The fourth-order valence-corrected chi connectivity index (χ4v) is 1.24. The van der Waals surface area contributed by atoms with E-state index in [-0.39, 0.29) is 11.6 Å². The summed E-state index contributed by atoms with van der Waals surface area (Å²) in [7, 11) is 0. The van der Waals surface area contributed by atoms with Gasteiger partial charge in [0.1, 0.15) is 0 Å². The highest BCUT2D eigenvalue weighted by molar-refractivity contribution is 5.23. The largest absolute Gasteiger partial charge is 0.368 e. The molecule has 2 aromatic heterocycles. The lowest BCUT2D eigenvalue weighted by Gasteiger charge is -2.02. The van der Waals surface area contributed by atoms with Crippen LogP contribution in [0.25, 0.3) is 0 Å². The van der Waals surface area contributed by atoms with E-state index in [0.29, 0.717) is 6.42 Å². The maximum absolute atomic E-state index is 13.3. The minimum atomic E-state index is -0.451. The Kier molecular flexibility index (Phi) is 2.53. The molecule has 0 saturated heterocycles. The van der Waals surface area contributed by atoms with Crippen molar-refractivity contribution in [3.63, 3.8) is 0 Å². The van der Waals surface area contributed by atoms with Gasteiger partial charge in [0.2, 0.25) is 5.95 Å². The molecule has 2 N–H and O–H groups in total. The van der Waals surface area contributed by atoms with Gasteiger partial charge in [0.25, 0.3) is 0 Å². The third-order valence-corrected chi connectivity index (χ3v) is 1.93. The highest BCUT2D eigenvalue weighted by Crippen LogP contribution is 2.10. The Morgan fingerprint density at radius 2 is 2.20 bits per heavy atom. The van der Waals surface area contributed by atoms with Crippen LogP contribution >= 0.6 is 0 Å². The third kappa shape index (κ3) is 2.25. The average Bonchev–Trinajstić information content (AvgIpc) is 2.25. The van der Waals surface area contributed by atoms with Crippen molar-refractivity contribution in [2.45, 2.75) is 6.42 Å². The van der Waals surface area contributed by atoms with Crippen molar-refractivity contribution >= 4 is 5.95 Å². The molecule has 0 amide bonds. The Bertz CT molecular complexity index is 458. The van der Waals surface area contributed by atoms with E-state index in [1.807, 2.05) is 6.07 Å². The van der Waals surface area contributed by atoms with Crippen molar-refractivity contribution in [3.8, 4) is 0 Å². The van der Waals surface area contributed by atoms with Gasteiger partial charge in [-0.3, -0.25) is 4.98 Å². The van der Waals surface area contributed by atoms with Crippen LogP contribution in [0.5, 0.6) is 0 Å². The minimum absolute atomic E-state index is 0.0790. The number of nitrogen functional groups attached to an aromatic ring is 1. The number of aromatic nitrogens is 3. The zero-order valence-electron chi connectivity index (χ0n) is 7.89. The van der Waals surface area contributed by atoms with Crippen LogP contribution in [0.2, 0.25) is 0 Å². The molecule has 0 spiro atoms. The summed E-state index contributed by atoms with van der Waals surface area (Å²) < 4.78 is 13.3. The van der Waals surface area contributed by atoms with Crippen molar-refractivity contribution in [3.05, 3.63) is 47.8 Å². The molecule has 2 rings (SSSR count). The van der Waals surface area contributed by atoms with Crippen molar-refractivity contribution in [2.75, 3.05) is 5.73 Å². The Hall–Kier alpha value is -2.04. The molecular weight excluding hydrogens is 195 g/mol. The molecule has 0 fully saturated rings. The van der Waals surface area contributed by atoms with Gasteiger partial charge in [-0.2, -0.15) is 0 Å². The number of anilines is 1. The van der Waals surface area contributed by atoms with Crippen LogP contribution in [0.15, 0.2) is 30.7 Å². The maximum Gasteiger partial charge on any atom is 0.220 e. The molecule has 0 radical (unpaired) electrons. The molecule has 0 saturated carbocycles. The van der Waals surface area contributed by atoms with E-state index in [1.54, 1.807) is 18.5 Å². The number of rotatable bonds is 2. The summed E-state index contributed by atoms with van der Waals surface area (Å²) in [6.07, 6.45) is 4.77. The van der Waals surface area contributed by atoms with E-state index in [4.69, 9.17) is 5.73 Å². The lowest BCUT2D eigenvalue weighted by Crippen LogP contribution is -2.03. The molecule has 76 valence electrons. The van der Waals surface area contributed by atoms with Crippen LogP contribution in [0.1, 0.15) is 11.3 Å². The first-order valence-electron chi connectivity index (χ1n) is 4.41. The highest BCUT2D eigenvalue weighted by atomic mass is 19.1. The normalized spacial score (nSPS) is 10.2. The minimum Gasteiger partial charge on any atom is -0.368 e. The summed E-state index contributed by atoms with van der Waals surface area (Å²) in [4.78, 5) is 11.3. The standard InChI is InChI=1S/C10H9FN4/c11-8-6-14-10(12)15-9(8)4-7-2-1-3-13-5-7/h1-3,5-6H,4H2,(H2,12,14,15). The summed E-state index contributed by atoms with van der Waals surface area (Å²) >= 11 is 0. The lowest BCUT2D eigenvalue weighted by molar-refractivity contribution is 0.597. The van der Waals surface area contributed by atoms with Crippen LogP contribution < -0.4 is 5.73 Å². The second-order valence-corrected chi connectivity index (χ2v) is 3.06. The van der Waals surface area contributed by atoms with E-state index in [9.17, 15) is 4.39 Å². The highest BCUT2D eigenvalue weighted by Gasteiger charge is 2.06. The number of pyridine rings is 1. The fourth-order valence-electron chi connectivity index (χ4n) is 1.24. The van der Waals surface area contributed by atoms with Gasteiger partial charge in [-0.1, -0.05) is 6.07 Å². The van der Waals surface area contributed by atoms with Gasteiger partial charge in [0.05, 0.1) is 11.9 Å². The molecule has 2 heterocycles. The number of hydrogen-bond acceptors (Lipinski definition) is 4. The average molecular weight is 204 g/mol. The third-order valence-electron chi connectivity index (χ3n) is 1.93. The molecule has 2 aromatic rings. The van der Waals surface area contributed by atoms with Gasteiger partial charge in [-0.05, 0) is 11.6 Å². The molecule has 0 aliphatic heterocycles. The van der Waals surface area contributed by atoms with E-state index in [0.717, 1.165) is 11.8 Å². The molecule has 0 unspecified atom stereocenters. The first kappa shape index (κ1) is 9.51. The van der Waals surface area contributed by atoms with Gasteiger partial charge in [-0.25, -0.2) is 14.4 Å². The Morgan fingerprint density at radius 3 is 2.93 bits per heavy atom. The van der Waals surface area contributed by atoms with Crippen LogP contribution in [-0.2, 0) is 6.42 Å². The second-order valence-electron chi connectivity index (χ2n) is 3.06. The predicted molar refractivity (Wildman–Crippen MR) is 53.4 cm³/mol. The summed E-state index contributed by atoms with van der Waals surface area (Å²) in [5, 5.41) is 0. The smallest absolute Gasteiger partial charge is 0.220 e. The van der Waals surface area contributed by atoms with Crippen LogP contribution in [0.4, 0.5) is 10.3 Å². The van der Waals surface area contributed by atoms with E-state index < -0.39 is 5.82 Å². The molecule has 0 atom stereocenters. The van der Waals surface area contributed by atoms with Gasteiger partial charge in [0, 0.05) is 18.8 Å². The fraction of sp³-hybridized carbons (Fsp3) is 0.100. The number of nitrogens with two attached hydrogens (primary N) is 1. The molecule has 0 aliphatic carbocycles. The summed E-state index contributed by atoms with van der Waals surface area (Å²) in [5.74, 6) is -0.372. The number of nitrogens with zero attached hydrogens (tertiary/aromatic N) is 3. The Labute approximate surface area is 86.0 Å². The van der Waals surface area contributed by atoms with Crippen LogP contribution in [0, 0.1) is 5.82 Å². The Balaban J connectivity index is 2.28.